The molecule has 4 aromatic rings. The normalized spacial score (nSPS) is 18.4. The van der Waals surface area contributed by atoms with E-state index in [1.54, 1.807) is 0 Å². The van der Waals surface area contributed by atoms with Gasteiger partial charge in [-0.2, -0.15) is 0 Å². The van der Waals surface area contributed by atoms with Gasteiger partial charge in [0, 0.05) is 36.8 Å². The molecule has 3 N–H and O–H groups in total. The predicted molar refractivity (Wildman–Crippen MR) is 127 cm³/mol. The number of rotatable bonds is 7. The fourth-order valence-electron chi connectivity index (χ4n) is 4.23. The van der Waals surface area contributed by atoms with Crippen molar-refractivity contribution in [1.29, 1.82) is 0 Å². The number of hydrogen-bond donors (Lipinski definition) is 3. The Morgan fingerprint density at radius 1 is 1.03 bits per heavy atom. The molecular formula is C25H28N6. The highest BCUT2D eigenvalue weighted by molar-refractivity contribution is 5.91. The van der Waals surface area contributed by atoms with E-state index in [9.17, 15) is 0 Å². The van der Waals surface area contributed by atoms with Crippen molar-refractivity contribution in [1.82, 2.24) is 20.1 Å². The molecule has 2 aromatic heterocycles. The number of nitrogens with zero attached hydrogens (tertiary/aromatic N) is 3. The molecule has 6 heteroatoms. The molecule has 1 aliphatic rings. The minimum absolute atomic E-state index is 0.494. The van der Waals surface area contributed by atoms with E-state index in [0.717, 1.165) is 53.8 Å². The fraction of sp³-hybridized carbons (Fsp3) is 0.280. The lowest BCUT2D eigenvalue weighted by Crippen LogP contribution is -2.29. The summed E-state index contributed by atoms with van der Waals surface area (Å²) in [7, 11) is 0. The number of nitrogens with one attached hydrogen (secondary N) is 3. The van der Waals surface area contributed by atoms with Crippen molar-refractivity contribution in [2.24, 2.45) is 5.92 Å². The molecule has 1 saturated heterocycles. The van der Waals surface area contributed by atoms with E-state index in [0.29, 0.717) is 6.04 Å². The number of benzene rings is 2. The molecule has 0 spiro atoms. The molecule has 0 bridgehead atoms. The molecule has 2 unspecified atom stereocenters. The van der Waals surface area contributed by atoms with Crippen LogP contribution in [-0.4, -0.2) is 33.9 Å². The molecule has 5 rings (SSSR count). The van der Waals surface area contributed by atoms with E-state index in [1.165, 1.54) is 12.0 Å². The predicted octanol–water partition coefficient (Wildman–Crippen LogP) is 4.44. The van der Waals surface area contributed by atoms with Crippen LogP contribution in [0, 0.1) is 5.92 Å². The summed E-state index contributed by atoms with van der Waals surface area (Å²) in [6, 6.07) is 23.2. The first-order chi connectivity index (χ1) is 15.3. The lowest BCUT2D eigenvalue weighted by Gasteiger charge is -2.11. The van der Waals surface area contributed by atoms with E-state index in [2.05, 4.69) is 64.3 Å². The molecule has 1 aliphatic heterocycles. The first-order valence-corrected chi connectivity index (χ1v) is 11.0. The summed E-state index contributed by atoms with van der Waals surface area (Å²) in [5.74, 6) is 2.49. The highest BCUT2D eigenvalue weighted by atomic mass is 15.3. The highest BCUT2D eigenvalue weighted by Crippen LogP contribution is 2.26. The zero-order valence-corrected chi connectivity index (χ0v) is 17.8. The van der Waals surface area contributed by atoms with Crippen molar-refractivity contribution in [2.75, 3.05) is 23.7 Å². The van der Waals surface area contributed by atoms with E-state index in [4.69, 9.17) is 5.10 Å². The monoisotopic (exact) mass is 412 g/mol. The highest BCUT2D eigenvalue weighted by Gasteiger charge is 2.21. The maximum Gasteiger partial charge on any atom is 0.156 e. The van der Waals surface area contributed by atoms with Crippen molar-refractivity contribution >= 4 is 22.5 Å². The summed E-state index contributed by atoms with van der Waals surface area (Å²) in [6.45, 7) is 5.00. The average molecular weight is 413 g/mol. The summed E-state index contributed by atoms with van der Waals surface area (Å²) in [4.78, 5) is 4.49. The summed E-state index contributed by atoms with van der Waals surface area (Å²) < 4.78 is 2.00. The largest absolute Gasteiger partial charge is 0.367 e. The Morgan fingerprint density at radius 2 is 1.87 bits per heavy atom. The Labute approximate surface area is 182 Å². The van der Waals surface area contributed by atoms with Gasteiger partial charge in [-0.1, -0.05) is 49.4 Å². The smallest absolute Gasteiger partial charge is 0.156 e. The molecule has 2 aromatic carbocycles. The van der Waals surface area contributed by atoms with Crippen LogP contribution >= 0.6 is 0 Å². The molecule has 0 radical (unpaired) electrons. The third-order valence-electron chi connectivity index (χ3n) is 5.85. The number of fused-ring (bicyclic) bond motifs is 1. The van der Waals surface area contributed by atoms with Crippen molar-refractivity contribution in [3.63, 3.8) is 0 Å². The second-order valence-electron chi connectivity index (χ2n) is 8.34. The zero-order chi connectivity index (χ0) is 21.0. The van der Waals surface area contributed by atoms with Crippen LogP contribution in [-0.2, 0) is 6.54 Å². The average Bonchev–Trinajstić information content (AvgIpc) is 3.40. The molecule has 3 heterocycles. The number of hydrogen-bond acceptors (Lipinski definition) is 5. The van der Waals surface area contributed by atoms with E-state index in [1.807, 2.05) is 41.2 Å². The van der Waals surface area contributed by atoms with Crippen molar-refractivity contribution in [3.05, 3.63) is 78.5 Å². The van der Waals surface area contributed by atoms with Crippen LogP contribution in [0.25, 0.3) is 16.6 Å². The molecule has 6 nitrogen and oxygen atoms in total. The Bertz CT molecular complexity index is 1150. The number of anilines is 2. The third kappa shape index (κ3) is 4.39. The first kappa shape index (κ1) is 19.6. The fourth-order valence-corrected chi connectivity index (χ4v) is 4.23. The molecule has 0 saturated carbocycles. The molecule has 2 atom stereocenters. The number of pyridine rings is 1. The Kier molecular flexibility index (Phi) is 5.54. The standard InChI is InChI=1S/C25H28N6/c1-18-13-20(27-15-18)17-29-25-22-9-5-6-10-23(22)31(30-25)21-11-12-26-24(14-21)28-16-19-7-3-2-4-8-19/h2-12,14,18,20,27H,13,15-17H2,1H3,(H,26,28)(H,29,30). The zero-order valence-electron chi connectivity index (χ0n) is 17.8. The molecular weight excluding hydrogens is 384 g/mol. The van der Waals surface area contributed by atoms with Gasteiger partial charge in [0.15, 0.2) is 5.82 Å². The second-order valence-corrected chi connectivity index (χ2v) is 8.34. The molecule has 31 heavy (non-hydrogen) atoms. The maximum absolute atomic E-state index is 4.92. The number of aromatic nitrogens is 3. The number of para-hydroxylation sites is 1. The van der Waals surface area contributed by atoms with E-state index in [-0.39, 0.29) is 0 Å². The van der Waals surface area contributed by atoms with Gasteiger partial charge in [-0.3, -0.25) is 0 Å². The van der Waals surface area contributed by atoms with Crippen LogP contribution in [0.1, 0.15) is 18.9 Å². The third-order valence-corrected chi connectivity index (χ3v) is 5.85. The van der Waals surface area contributed by atoms with Crippen LogP contribution in [0.2, 0.25) is 0 Å². The van der Waals surface area contributed by atoms with Crippen LogP contribution < -0.4 is 16.0 Å². The van der Waals surface area contributed by atoms with Gasteiger partial charge in [0.25, 0.3) is 0 Å². The lowest BCUT2D eigenvalue weighted by atomic mass is 10.1. The Hall–Kier alpha value is -3.38. The SMILES string of the molecule is CC1CNC(CNc2nn(-c3ccnc(NCc4ccccc4)c3)c3ccccc23)C1. The van der Waals surface area contributed by atoms with Crippen molar-refractivity contribution < 1.29 is 0 Å². The van der Waals surface area contributed by atoms with Crippen LogP contribution in [0.15, 0.2) is 72.9 Å². The van der Waals surface area contributed by atoms with Crippen LogP contribution in [0.3, 0.4) is 0 Å². The van der Waals surface area contributed by atoms with Crippen LogP contribution in [0.4, 0.5) is 11.6 Å². The quantitative estimate of drug-likeness (QED) is 0.419. The van der Waals surface area contributed by atoms with Gasteiger partial charge in [0.1, 0.15) is 5.82 Å². The van der Waals surface area contributed by atoms with Gasteiger partial charge in [-0.25, -0.2) is 9.67 Å². The van der Waals surface area contributed by atoms with Gasteiger partial charge in [0.2, 0.25) is 0 Å². The van der Waals surface area contributed by atoms with Crippen LogP contribution in [0.5, 0.6) is 0 Å². The van der Waals surface area contributed by atoms with E-state index >= 15 is 0 Å². The minimum atomic E-state index is 0.494. The Morgan fingerprint density at radius 3 is 2.71 bits per heavy atom. The summed E-state index contributed by atoms with van der Waals surface area (Å²) >= 11 is 0. The summed E-state index contributed by atoms with van der Waals surface area (Å²) in [6.07, 6.45) is 3.03. The lowest BCUT2D eigenvalue weighted by molar-refractivity contribution is 0.603. The first-order valence-electron chi connectivity index (χ1n) is 11.0. The Balaban J connectivity index is 1.38. The van der Waals surface area contributed by atoms with Gasteiger partial charge in [-0.15, -0.1) is 5.10 Å². The molecule has 0 aliphatic carbocycles. The van der Waals surface area contributed by atoms with Crippen molar-refractivity contribution in [2.45, 2.75) is 25.9 Å². The second kappa shape index (κ2) is 8.78. The minimum Gasteiger partial charge on any atom is -0.367 e. The van der Waals surface area contributed by atoms with Gasteiger partial charge < -0.3 is 16.0 Å². The van der Waals surface area contributed by atoms with E-state index < -0.39 is 0 Å². The molecule has 158 valence electrons. The summed E-state index contributed by atoms with van der Waals surface area (Å²) in [5.41, 5.74) is 3.29. The molecule has 1 fully saturated rings. The van der Waals surface area contributed by atoms with Gasteiger partial charge in [-0.05, 0) is 42.6 Å². The maximum atomic E-state index is 4.92. The van der Waals surface area contributed by atoms with Gasteiger partial charge >= 0.3 is 0 Å². The topological polar surface area (TPSA) is 66.8 Å². The van der Waals surface area contributed by atoms with Gasteiger partial charge in [0.05, 0.1) is 11.2 Å². The molecule has 0 amide bonds. The van der Waals surface area contributed by atoms with Crippen molar-refractivity contribution in [3.8, 4) is 5.69 Å². The summed E-state index contributed by atoms with van der Waals surface area (Å²) in [5, 5.41) is 16.6.